The van der Waals surface area contributed by atoms with Crippen LogP contribution in [0, 0.1) is 5.82 Å². The molecule has 1 aromatic carbocycles. The summed E-state index contributed by atoms with van der Waals surface area (Å²) in [6.07, 6.45) is 3.86. The Morgan fingerprint density at radius 1 is 1.39 bits per heavy atom. The molecule has 0 bridgehead atoms. The normalized spacial score (nSPS) is 13.6. The molecule has 0 fully saturated rings. The van der Waals surface area contributed by atoms with Crippen molar-refractivity contribution in [3.8, 4) is 0 Å². The maximum atomic E-state index is 13.5. The van der Waals surface area contributed by atoms with Crippen LogP contribution in [-0.4, -0.2) is 25.1 Å². The van der Waals surface area contributed by atoms with Crippen LogP contribution in [0.1, 0.15) is 18.1 Å². The van der Waals surface area contributed by atoms with Gasteiger partial charge in [-0.05, 0) is 30.7 Å². The molecule has 23 heavy (non-hydrogen) atoms. The smallest absolute Gasteiger partial charge is 0.147 e. The lowest BCUT2D eigenvalue weighted by Gasteiger charge is -2.31. The topological polar surface area (TPSA) is 54.2 Å². The summed E-state index contributed by atoms with van der Waals surface area (Å²) in [7, 11) is 1.84. The summed E-state index contributed by atoms with van der Waals surface area (Å²) in [5.41, 5.74) is 9.67. The average molecular weight is 333 g/mol. The van der Waals surface area contributed by atoms with Gasteiger partial charge in [-0.15, -0.1) is 0 Å². The highest BCUT2D eigenvalue weighted by molar-refractivity contribution is 6.32. The maximum Gasteiger partial charge on any atom is 0.147 e. The van der Waals surface area contributed by atoms with Crippen LogP contribution in [0.2, 0.25) is 5.02 Å². The van der Waals surface area contributed by atoms with Gasteiger partial charge in [-0.2, -0.15) is 0 Å². The minimum Gasteiger partial charge on any atom is -0.396 e. The number of nitrogens with one attached hydrogen (secondary N) is 1. The Morgan fingerprint density at radius 2 is 2.17 bits per heavy atom. The van der Waals surface area contributed by atoms with Gasteiger partial charge in [0.15, 0.2) is 0 Å². The molecule has 4 nitrogen and oxygen atoms in total. The van der Waals surface area contributed by atoms with Crippen LogP contribution in [0.3, 0.4) is 0 Å². The van der Waals surface area contributed by atoms with E-state index < -0.39 is 5.82 Å². The zero-order valence-electron chi connectivity index (χ0n) is 13.0. The van der Waals surface area contributed by atoms with Crippen LogP contribution < -0.4 is 16.0 Å². The Kier molecular flexibility index (Phi) is 4.13. The first kappa shape index (κ1) is 15.6. The predicted octanol–water partition coefficient (Wildman–Crippen LogP) is 3.88. The molecular formula is C17H18ClFN4. The molecule has 0 saturated heterocycles. The minimum atomic E-state index is -0.497. The molecule has 0 atom stereocenters. The van der Waals surface area contributed by atoms with Crippen molar-refractivity contribution in [1.29, 1.82) is 0 Å². The molecule has 3 N–H and O–H groups in total. The van der Waals surface area contributed by atoms with E-state index in [1.54, 1.807) is 6.07 Å². The molecule has 0 saturated carbocycles. The average Bonchev–Trinajstić information content (AvgIpc) is 2.56. The van der Waals surface area contributed by atoms with E-state index in [0.717, 1.165) is 34.8 Å². The third-order valence-electron chi connectivity index (χ3n) is 4.01. The zero-order valence-corrected chi connectivity index (χ0v) is 13.8. The Labute approximate surface area is 139 Å². The van der Waals surface area contributed by atoms with Crippen molar-refractivity contribution >= 4 is 40.4 Å². The van der Waals surface area contributed by atoms with Gasteiger partial charge in [-0.1, -0.05) is 11.6 Å². The van der Waals surface area contributed by atoms with Crippen molar-refractivity contribution in [3.63, 3.8) is 0 Å². The van der Waals surface area contributed by atoms with Gasteiger partial charge < -0.3 is 16.0 Å². The monoisotopic (exact) mass is 332 g/mol. The lowest BCUT2D eigenvalue weighted by molar-refractivity contribution is 0.632. The number of halogens is 2. The highest BCUT2D eigenvalue weighted by Gasteiger charge is 2.21. The quantitative estimate of drug-likeness (QED) is 0.838. The summed E-state index contributed by atoms with van der Waals surface area (Å²) < 4.78 is 13.5. The van der Waals surface area contributed by atoms with Crippen LogP contribution in [0.4, 0.5) is 21.6 Å². The predicted molar refractivity (Wildman–Crippen MR) is 95.4 cm³/mol. The van der Waals surface area contributed by atoms with Crippen LogP contribution in [-0.2, 0) is 0 Å². The fourth-order valence-corrected chi connectivity index (χ4v) is 3.03. The van der Waals surface area contributed by atoms with Crippen LogP contribution in [0.15, 0.2) is 24.4 Å². The lowest BCUT2D eigenvalue weighted by atomic mass is 9.97. The Morgan fingerprint density at radius 3 is 2.87 bits per heavy atom. The number of nitrogens with zero attached hydrogens (tertiary/aromatic N) is 2. The standard InChI is InChI=1S/C17H18ClFN4/c1-3-23-9-11(12-5-15(20)14(19)6-13(12)18)4-10-8-22-17(21-2)7-16(10)23/h4-8H,3,9,20H2,1-2H3,(H,21,22). The largest absolute Gasteiger partial charge is 0.396 e. The lowest BCUT2D eigenvalue weighted by Crippen LogP contribution is -2.28. The number of nitrogens with two attached hydrogens (primary N) is 1. The number of nitrogen functional groups attached to an aromatic ring is 1. The molecule has 0 radical (unpaired) electrons. The van der Waals surface area contributed by atoms with E-state index in [4.69, 9.17) is 17.3 Å². The molecule has 0 unspecified atom stereocenters. The molecule has 3 rings (SSSR count). The molecule has 1 aromatic heterocycles. The third-order valence-corrected chi connectivity index (χ3v) is 4.33. The van der Waals surface area contributed by atoms with Gasteiger partial charge in [-0.3, -0.25) is 0 Å². The van der Waals surface area contributed by atoms with Gasteiger partial charge in [0.2, 0.25) is 0 Å². The Bertz CT molecular complexity index is 788. The Balaban J connectivity index is 2.11. The van der Waals surface area contributed by atoms with E-state index in [1.807, 2.05) is 25.4 Å². The van der Waals surface area contributed by atoms with Crippen LogP contribution in [0.5, 0.6) is 0 Å². The Hall–Kier alpha value is -2.27. The molecule has 1 aliphatic heterocycles. The first-order valence-corrected chi connectivity index (χ1v) is 7.79. The summed E-state index contributed by atoms with van der Waals surface area (Å²) in [5.74, 6) is 0.325. The SMILES string of the molecule is CCN1CC(c2cc(N)c(F)cc2Cl)=Cc2cnc(NC)cc21. The molecule has 120 valence electrons. The van der Waals surface area contributed by atoms with Gasteiger partial charge in [0, 0.05) is 49.2 Å². The summed E-state index contributed by atoms with van der Waals surface area (Å²) in [5, 5.41) is 3.41. The number of aromatic nitrogens is 1. The van der Waals surface area contributed by atoms with Gasteiger partial charge >= 0.3 is 0 Å². The van der Waals surface area contributed by atoms with Crippen molar-refractivity contribution in [2.24, 2.45) is 0 Å². The van der Waals surface area contributed by atoms with Gasteiger partial charge in [0.25, 0.3) is 0 Å². The van der Waals surface area contributed by atoms with E-state index in [1.165, 1.54) is 6.07 Å². The second-order valence-electron chi connectivity index (χ2n) is 5.42. The highest BCUT2D eigenvalue weighted by atomic mass is 35.5. The van der Waals surface area contributed by atoms with Crippen molar-refractivity contribution in [2.45, 2.75) is 6.92 Å². The van der Waals surface area contributed by atoms with Gasteiger partial charge in [0.05, 0.1) is 10.7 Å². The minimum absolute atomic E-state index is 0.0998. The number of likely N-dealkylation sites (N-methyl/N-ethyl adjacent to an activating group) is 1. The molecule has 0 spiro atoms. The summed E-state index contributed by atoms with van der Waals surface area (Å²) >= 11 is 6.22. The molecule has 0 amide bonds. The molecule has 0 aliphatic carbocycles. The number of anilines is 3. The van der Waals surface area contributed by atoms with E-state index in [9.17, 15) is 4.39 Å². The number of pyridine rings is 1. The second kappa shape index (κ2) is 6.08. The van der Waals surface area contributed by atoms with Crippen LogP contribution in [0.25, 0.3) is 11.6 Å². The molecule has 1 aliphatic rings. The highest BCUT2D eigenvalue weighted by Crippen LogP contribution is 2.36. The van der Waals surface area contributed by atoms with Crippen molar-refractivity contribution in [3.05, 3.63) is 46.4 Å². The molecule has 6 heteroatoms. The van der Waals surface area contributed by atoms with Crippen LogP contribution >= 0.6 is 11.6 Å². The van der Waals surface area contributed by atoms with E-state index >= 15 is 0 Å². The first-order chi connectivity index (χ1) is 11.0. The fourth-order valence-electron chi connectivity index (χ4n) is 2.76. The number of hydrogen-bond donors (Lipinski definition) is 2. The number of rotatable bonds is 3. The zero-order chi connectivity index (χ0) is 16.6. The van der Waals surface area contributed by atoms with Crippen molar-refractivity contribution < 1.29 is 4.39 Å². The molecule has 2 aromatic rings. The van der Waals surface area contributed by atoms with E-state index in [2.05, 4.69) is 22.1 Å². The second-order valence-corrected chi connectivity index (χ2v) is 5.82. The molecular weight excluding hydrogens is 315 g/mol. The van der Waals surface area contributed by atoms with E-state index in [-0.39, 0.29) is 5.69 Å². The first-order valence-electron chi connectivity index (χ1n) is 7.41. The summed E-state index contributed by atoms with van der Waals surface area (Å²) in [6.45, 7) is 3.61. The number of benzene rings is 1. The fraction of sp³-hybridized carbons (Fsp3) is 0.235. The third kappa shape index (κ3) is 2.84. The van der Waals surface area contributed by atoms with Gasteiger partial charge in [0.1, 0.15) is 11.6 Å². The van der Waals surface area contributed by atoms with Crippen molar-refractivity contribution in [2.75, 3.05) is 36.1 Å². The number of fused-ring (bicyclic) bond motifs is 1. The van der Waals surface area contributed by atoms with E-state index in [0.29, 0.717) is 11.6 Å². The van der Waals surface area contributed by atoms with Gasteiger partial charge in [-0.25, -0.2) is 9.37 Å². The summed E-state index contributed by atoms with van der Waals surface area (Å²) in [4.78, 5) is 6.59. The van der Waals surface area contributed by atoms with Crippen molar-refractivity contribution in [1.82, 2.24) is 4.98 Å². The number of hydrogen-bond acceptors (Lipinski definition) is 4. The summed E-state index contributed by atoms with van der Waals surface area (Å²) in [6, 6.07) is 4.88. The molecule has 2 heterocycles. The maximum absolute atomic E-state index is 13.5.